The highest BCUT2D eigenvalue weighted by molar-refractivity contribution is 6.10. The molecule has 2 aromatic heterocycles. The molecule has 0 saturated heterocycles. The van der Waals surface area contributed by atoms with Gasteiger partial charge in [-0.15, -0.1) is 0 Å². The van der Waals surface area contributed by atoms with E-state index in [1.54, 1.807) is 49.1 Å². The molecule has 0 amide bonds. The van der Waals surface area contributed by atoms with Crippen molar-refractivity contribution in [2.45, 2.75) is 6.54 Å². The van der Waals surface area contributed by atoms with Gasteiger partial charge < -0.3 is 0 Å². The number of hydrogen-bond acceptors (Lipinski definition) is 4. The lowest BCUT2D eigenvalue weighted by Gasteiger charge is -2.15. The predicted octanol–water partition coefficient (Wildman–Crippen LogP) is 2.46. The summed E-state index contributed by atoms with van der Waals surface area (Å²) in [5.41, 5.74) is 2.23. The number of aromatic nitrogens is 4. The summed E-state index contributed by atoms with van der Waals surface area (Å²) in [5, 5.41) is 0. The smallest absolute Gasteiger partial charge is 0.231 e. The Labute approximate surface area is 137 Å². The number of allylic oxidation sites excluding steroid dienone is 1. The zero-order valence-corrected chi connectivity index (χ0v) is 12.7. The maximum absolute atomic E-state index is 14.1. The lowest BCUT2D eigenvalue weighted by molar-refractivity contribution is -0.458. The maximum Gasteiger partial charge on any atom is 0.258 e. The fourth-order valence-corrected chi connectivity index (χ4v) is 2.55. The molecule has 4 rings (SSSR count). The third-order valence-corrected chi connectivity index (χ3v) is 3.73. The van der Waals surface area contributed by atoms with Gasteiger partial charge in [0, 0.05) is 24.8 Å². The number of nitrogens with zero attached hydrogens (tertiary/aromatic N) is 5. The molecular formula is C18H13FN5+. The summed E-state index contributed by atoms with van der Waals surface area (Å²) in [4.78, 5) is 17.1. The molecule has 5 nitrogen and oxygen atoms in total. The van der Waals surface area contributed by atoms with E-state index in [2.05, 4.69) is 19.9 Å². The van der Waals surface area contributed by atoms with Crippen LogP contribution in [0.15, 0.2) is 67.3 Å². The molecular weight excluding hydrogens is 305 g/mol. The average Bonchev–Trinajstić information content (AvgIpc) is 2.62. The molecule has 0 fully saturated rings. The summed E-state index contributed by atoms with van der Waals surface area (Å²) in [6, 6.07) is 10.2. The van der Waals surface area contributed by atoms with Crippen LogP contribution in [-0.4, -0.2) is 30.2 Å². The summed E-state index contributed by atoms with van der Waals surface area (Å²) in [6.45, 7) is 0.365. The molecule has 0 unspecified atom stereocenters. The Morgan fingerprint density at radius 2 is 1.42 bits per heavy atom. The van der Waals surface area contributed by atoms with E-state index in [0.29, 0.717) is 23.8 Å². The second kappa shape index (κ2) is 6.08. The van der Waals surface area contributed by atoms with E-state index in [4.69, 9.17) is 0 Å². The second-order valence-corrected chi connectivity index (χ2v) is 5.24. The zero-order chi connectivity index (χ0) is 16.4. The van der Waals surface area contributed by atoms with Gasteiger partial charge in [0.2, 0.25) is 11.6 Å². The largest absolute Gasteiger partial charge is 0.258 e. The quantitative estimate of drug-likeness (QED) is 0.694. The van der Waals surface area contributed by atoms with Crippen LogP contribution in [0.25, 0.3) is 5.70 Å². The van der Waals surface area contributed by atoms with E-state index in [-0.39, 0.29) is 5.82 Å². The summed E-state index contributed by atoms with van der Waals surface area (Å²) in [5.74, 6) is 0.938. The Morgan fingerprint density at radius 1 is 0.792 bits per heavy atom. The molecule has 0 radical (unpaired) electrons. The van der Waals surface area contributed by atoms with Crippen LogP contribution in [0.3, 0.4) is 0 Å². The van der Waals surface area contributed by atoms with Crippen molar-refractivity contribution in [3.8, 4) is 0 Å². The minimum absolute atomic E-state index is 0.244. The first kappa shape index (κ1) is 14.3. The van der Waals surface area contributed by atoms with Crippen LogP contribution in [0.4, 0.5) is 4.39 Å². The highest BCUT2D eigenvalue weighted by Gasteiger charge is 2.36. The molecule has 0 aliphatic carbocycles. The SMILES string of the molecule is Fc1ccccc1C[N+]1=C(c2ncccn2)C=C1c1ncccn1. The standard InChI is InChI=1S/C18H13FN5/c19-14-6-2-1-5-13(14)12-24-15(17-20-7-3-8-21-17)11-16(24)18-22-9-4-10-23-18/h1-11H,12H2/q+1. The van der Waals surface area contributed by atoms with Crippen molar-refractivity contribution in [1.82, 2.24) is 19.9 Å². The van der Waals surface area contributed by atoms with E-state index >= 15 is 0 Å². The van der Waals surface area contributed by atoms with Gasteiger partial charge in [-0.1, -0.05) is 12.1 Å². The van der Waals surface area contributed by atoms with Gasteiger partial charge in [-0.3, -0.25) is 0 Å². The minimum Gasteiger partial charge on any atom is -0.231 e. The number of halogens is 1. The summed E-state index contributed by atoms with van der Waals surface area (Å²) in [6.07, 6.45) is 8.65. The molecule has 3 heterocycles. The van der Waals surface area contributed by atoms with Gasteiger partial charge in [0.05, 0.1) is 11.6 Å². The van der Waals surface area contributed by atoms with Crippen molar-refractivity contribution in [3.05, 3.63) is 90.3 Å². The third kappa shape index (κ3) is 2.58. The number of hydrogen-bond donors (Lipinski definition) is 0. The summed E-state index contributed by atoms with van der Waals surface area (Å²) < 4.78 is 16.0. The van der Waals surface area contributed by atoms with E-state index in [1.165, 1.54) is 6.07 Å². The molecule has 0 spiro atoms. The van der Waals surface area contributed by atoms with E-state index in [1.807, 2.05) is 16.7 Å². The molecule has 0 bridgehead atoms. The molecule has 1 aromatic carbocycles. The van der Waals surface area contributed by atoms with Crippen molar-refractivity contribution in [2.24, 2.45) is 0 Å². The second-order valence-electron chi connectivity index (χ2n) is 5.24. The number of rotatable bonds is 4. The Balaban J connectivity index is 1.75. The van der Waals surface area contributed by atoms with E-state index in [9.17, 15) is 4.39 Å². The lowest BCUT2D eigenvalue weighted by atomic mass is 10.1. The Morgan fingerprint density at radius 3 is 2.08 bits per heavy atom. The first-order valence-electron chi connectivity index (χ1n) is 7.47. The van der Waals surface area contributed by atoms with Gasteiger partial charge in [-0.05, 0) is 24.3 Å². The normalized spacial score (nSPS) is 13.5. The first-order chi connectivity index (χ1) is 11.8. The van der Waals surface area contributed by atoms with Crippen molar-refractivity contribution in [2.75, 3.05) is 0 Å². The van der Waals surface area contributed by atoms with Gasteiger partial charge in [0.15, 0.2) is 6.54 Å². The minimum atomic E-state index is -0.244. The van der Waals surface area contributed by atoms with Crippen molar-refractivity contribution < 1.29 is 8.97 Å². The summed E-state index contributed by atoms with van der Waals surface area (Å²) in [7, 11) is 0. The Hall–Kier alpha value is -3.28. The topological polar surface area (TPSA) is 54.6 Å². The monoisotopic (exact) mass is 318 g/mol. The molecule has 1 aliphatic rings. The number of benzene rings is 1. The van der Waals surface area contributed by atoms with E-state index < -0.39 is 0 Å². The summed E-state index contributed by atoms with van der Waals surface area (Å²) >= 11 is 0. The van der Waals surface area contributed by atoms with E-state index in [0.717, 1.165) is 11.4 Å². The lowest BCUT2D eigenvalue weighted by Crippen LogP contribution is -2.30. The molecule has 0 saturated carbocycles. The highest BCUT2D eigenvalue weighted by atomic mass is 19.1. The van der Waals surface area contributed by atoms with Crippen LogP contribution in [0, 0.1) is 5.82 Å². The van der Waals surface area contributed by atoms with Crippen LogP contribution in [0.2, 0.25) is 0 Å². The molecule has 1 aliphatic heterocycles. The Kier molecular flexibility index (Phi) is 3.63. The van der Waals surface area contributed by atoms with Gasteiger partial charge in [0.1, 0.15) is 5.82 Å². The molecule has 24 heavy (non-hydrogen) atoms. The van der Waals surface area contributed by atoms with Crippen LogP contribution in [-0.2, 0) is 6.54 Å². The molecule has 6 heteroatoms. The third-order valence-electron chi connectivity index (χ3n) is 3.73. The zero-order valence-electron chi connectivity index (χ0n) is 12.7. The van der Waals surface area contributed by atoms with Crippen molar-refractivity contribution >= 4 is 11.4 Å². The van der Waals surface area contributed by atoms with Crippen LogP contribution < -0.4 is 0 Å². The van der Waals surface area contributed by atoms with Gasteiger partial charge >= 0.3 is 0 Å². The Bertz CT molecular complexity index is 936. The van der Waals surface area contributed by atoms with Crippen molar-refractivity contribution in [3.63, 3.8) is 0 Å². The van der Waals surface area contributed by atoms with Gasteiger partial charge in [-0.25, -0.2) is 24.3 Å². The van der Waals surface area contributed by atoms with Crippen molar-refractivity contribution in [1.29, 1.82) is 0 Å². The fraction of sp³-hybridized carbons (Fsp3) is 0.0556. The van der Waals surface area contributed by atoms with Gasteiger partial charge in [0.25, 0.3) is 11.4 Å². The molecule has 0 atom stereocenters. The molecule has 3 aromatic rings. The fourth-order valence-electron chi connectivity index (χ4n) is 2.55. The van der Waals surface area contributed by atoms with Crippen LogP contribution >= 0.6 is 0 Å². The molecule has 0 N–H and O–H groups in total. The average molecular weight is 318 g/mol. The van der Waals surface area contributed by atoms with Crippen LogP contribution in [0.5, 0.6) is 0 Å². The maximum atomic E-state index is 14.1. The van der Waals surface area contributed by atoms with Crippen LogP contribution in [0.1, 0.15) is 17.2 Å². The molecule has 116 valence electrons. The highest BCUT2D eigenvalue weighted by Crippen LogP contribution is 2.24. The first-order valence-corrected chi connectivity index (χ1v) is 7.47. The van der Waals surface area contributed by atoms with Gasteiger partial charge in [-0.2, -0.15) is 4.58 Å². The predicted molar refractivity (Wildman–Crippen MR) is 86.5 cm³/mol.